The number of fused-ring (bicyclic) bond motifs is 2. The number of nitrogens with zero attached hydrogens (tertiary/aromatic N) is 2. The molecule has 2 heteroatoms. The third-order valence-electron chi connectivity index (χ3n) is 7.51. The summed E-state index contributed by atoms with van der Waals surface area (Å²) in [4.78, 5) is 4.48. The van der Waals surface area contributed by atoms with Crippen LogP contribution in [0.3, 0.4) is 0 Å². The number of para-hydroxylation sites is 1. The molecule has 0 saturated carbocycles. The Morgan fingerprint density at radius 1 is 0.762 bits per heavy atom. The van der Waals surface area contributed by atoms with E-state index >= 15 is 0 Å². The second kappa shape index (κ2) is 13.5. The zero-order valence-electron chi connectivity index (χ0n) is 24.6. The molecular formula is C40H38N2. The lowest BCUT2D eigenvalue weighted by molar-refractivity contribution is 0.986. The fourth-order valence-electron chi connectivity index (χ4n) is 5.40. The van der Waals surface area contributed by atoms with Crippen LogP contribution >= 0.6 is 0 Å². The van der Waals surface area contributed by atoms with Gasteiger partial charge in [0.2, 0.25) is 0 Å². The lowest BCUT2D eigenvalue weighted by atomic mass is 9.91. The third kappa shape index (κ3) is 6.45. The first kappa shape index (κ1) is 28.4. The van der Waals surface area contributed by atoms with E-state index in [1.165, 1.54) is 33.2 Å². The molecule has 6 rings (SSSR count). The monoisotopic (exact) mass is 546 g/mol. The highest BCUT2D eigenvalue weighted by Gasteiger charge is 2.18. The summed E-state index contributed by atoms with van der Waals surface area (Å²) in [6.45, 7) is 10.2. The summed E-state index contributed by atoms with van der Waals surface area (Å²) >= 11 is 0. The van der Waals surface area contributed by atoms with Crippen molar-refractivity contribution < 1.29 is 0 Å². The zero-order valence-corrected chi connectivity index (χ0v) is 24.6. The van der Waals surface area contributed by atoms with E-state index in [0.29, 0.717) is 0 Å². The van der Waals surface area contributed by atoms with Crippen LogP contribution in [0.15, 0.2) is 158 Å². The molecule has 0 aliphatic heterocycles. The van der Waals surface area contributed by atoms with Crippen LogP contribution in [0.25, 0.3) is 16.8 Å². The van der Waals surface area contributed by atoms with Crippen LogP contribution in [-0.4, -0.2) is 7.05 Å². The highest BCUT2D eigenvalue weighted by Crippen LogP contribution is 2.40. The number of aryl methyl sites for hydroxylation is 2. The predicted molar refractivity (Wildman–Crippen MR) is 184 cm³/mol. The molecule has 2 nitrogen and oxygen atoms in total. The van der Waals surface area contributed by atoms with E-state index < -0.39 is 0 Å². The maximum absolute atomic E-state index is 4.31. The molecule has 0 spiro atoms. The van der Waals surface area contributed by atoms with Gasteiger partial charge in [0.1, 0.15) is 0 Å². The number of rotatable bonds is 7. The van der Waals surface area contributed by atoms with Gasteiger partial charge in [-0.2, -0.15) is 0 Å². The number of hydrogen-bond donors (Lipinski definition) is 0. The maximum Gasteiger partial charge on any atom is 0.0564 e. The lowest BCUT2D eigenvalue weighted by Gasteiger charge is -2.29. The molecule has 208 valence electrons. The van der Waals surface area contributed by atoms with Gasteiger partial charge in [0, 0.05) is 40.8 Å². The summed E-state index contributed by atoms with van der Waals surface area (Å²) in [5.41, 5.74) is 9.49. The number of allylic oxidation sites excluding steroid dienone is 4. The Morgan fingerprint density at radius 2 is 1.38 bits per heavy atom. The van der Waals surface area contributed by atoms with Crippen molar-refractivity contribution in [2.45, 2.75) is 19.8 Å². The molecule has 0 saturated heterocycles. The second-order valence-corrected chi connectivity index (χ2v) is 10.4. The normalized spacial score (nSPS) is 11.9. The van der Waals surface area contributed by atoms with E-state index in [1.54, 1.807) is 6.08 Å². The van der Waals surface area contributed by atoms with Crippen LogP contribution in [0.5, 0.6) is 0 Å². The predicted octanol–water partition coefficient (Wildman–Crippen LogP) is 11.0. The highest BCUT2D eigenvalue weighted by molar-refractivity contribution is 6.01. The summed E-state index contributed by atoms with van der Waals surface area (Å²) in [7, 11) is 2.17. The SMILES string of the molecule is C=C/C=C\C(=C)N(c1ccccc1)c1ccc(N(C)c2c3c(cc4ccccc24)CCC=C3)cc1.Cc1ccccc1. The minimum absolute atomic E-state index is 0.880. The molecular weight excluding hydrogens is 508 g/mol. The van der Waals surface area contributed by atoms with Crippen molar-refractivity contribution in [1.82, 2.24) is 0 Å². The highest BCUT2D eigenvalue weighted by atomic mass is 15.1. The van der Waals surface area contributed by atoms with Gasteiger partial charge in [-0.25, -0.2) is 0 Å². The number of hydrogen-bond acceptors (Lipinski definition) is 2. The van der Waals surface area contributed by atoms with Crippen molar-refractivity contribution in [3.63, 3.8) is 0 Å². The number of benzene rings is 5. The molecule has 0 N–H and O–H groups in total. The van der Waals surface area contributed by atoms with E-state index in [2.05, 4.69) is 128 Å². The van der Waals surface area contributed by atoms with Crippen molar-refractivity contribution in [3.05, 3.63) is 175 Å². The van der Waals surface area contributed by atoms with Crippen molar-refractivity contribution in [2.75, 3.05) is 16.8 Å². The van der Waals surface area contributed by atoms with Gasteiger partial charge in [-0.1, -0.05) is 122 Å². The Morgan fingerprint density at radius 3 is 2.05 bits per heavy atom. The van der Waals surface area contributed by atoms with Gasteiger partial charge in [0.05, 0.1) is 5.69 Å². The first-order valence-corrected chi connectivity index (χ1v) is 14.5. The largest absolute Gasteiger partial charge is 0.344 e. The Labute approximate surface area is 250 Å². The Hall–Kier alpha value is -5.08. The molecule has 0 radical (unpaired) electrons. The van der Waals surface area contributed by atoms with E-state index in [-0.39, 0.29) is 0 Å². The molecule has 0 bridgehead atoms. The first-order valence-electron chi connectivity index (χ1n) is 14.5. The van der Waals surface area contributed by atoms with Gasteiger partial charge in [0.25, 0.3) is 0 Å². The quantitative estimate of drug-likeness (QED) is 0.187. The van der Waals surface area contributed by atoms with Crippen molar-refractivity contribution in [1.29, 1.82) is 0 Å². The molecule has 5 aromatic carbocycles. The molecule has 42 heavy (non-hydrogen) atoms. The first-order chi connectivity index (χ1) is 20.6. The van der Waals surface area contributed by atoms with Gasteiger partial charge in [-0.3, -0.25) is 0 Å². The minimum atomic E-state index is 0.880. The van der Waals surface area contributed by atoms with Crippen LogP contribution in [-0.2, 0) is 6.42 Å². The fraction of sp³-hybridized carbons (Fsp3) is 0.100. The Kier molecular flexibility index (Phi) is 9.16. The Balaban J connectivity index is 0.000000442. The van der Waals surface area contributed by atoms with Gasteiger partial charge < -0.3 is 9.80 Å². The van der Waals surface area contributed by atoms with Crippen molar-refractivity contribution in [3.8, 4) is 0 Å². The fourth-order valence-corrected chi connectivity index (χ4v) is 5.40. The average Bonchev–Trinajstić information content (AvgIpc) is 3.04. The molecule has 0 amide bonds. The van der Waals surface area contributed by atoms with Crippen molar-refractivity contribution in [2.24, 2.45) is 0 Å². The van der Waals surface area contributed by atoms with Crippen LogP contribution in [0.4, 0.5) is 22.7 Å². The molecule has 0 unspecified atom stereocenters. The van der Waals surface area contributed by atoms with Crippen molar-refractivity contribution >= 4 is 39.6 Å². The van der Waals surface area contributed by atoms with Crippen LogP contribution in [0.1, 0.15) is 23.1 Å². The molecule has 1 aliphatic rings. The summed E-state index contributed by atoms with van der Waals surface area (Å²) in [5.74, 6) is 0. The number of anilines is 4. The average molecular weight is 547 g/mol. The van der Waals surface area contributed by atoms with Gasteiger partial charge in [0.15, 0.2) is 0 Å². The summed E-state index contributed by atoms with van der Waals surface area (Å²) in [6.07, 6.45) is 12.4. The van der Waals surface area contributed by atoms with E-state index in [1.807, 2.05) is 48.6 Å². The van der Waals surface area contributed by atoms with Gasteiger partial charge in [-0.15, -0.1) is 0 Å². The van der Waals surface area contributed by atoms with Gasteiger partial charge >= 0.3 is 0 Å². The third-order valence-corrected chi connectivity index (χ3v) is 7.51. The van der Waals surface area contributed by atoms with Crippen LogP contribution < -0.4 is 9.80 Å². The molecule has 0 heterocycles. The molecule has 0 atom stereocenters. The molecule has 0 aromatic heterocycles. The second-order valence-electron chi connectivity index (χ2n) is 10.4. The lowest BCUT2D eigenvalue weighted by Crippen LogP contribution is -2.16. The molecule has 5 aromatic rings. The smallest absolute Gasteiger partial charge is 0.0564 e. The minimum Gasteiger partial charge on any atom is -0.344 e. The topological polar surface area (TPSA) is 6.48 Å². The molecule has 1 aliphatic carbocycles. The maximum atomic E-state index is 4.31. The van der Waals surface area contributed by atoms with E-state index in [0.717, 1.165) is 35.6 Å². The van der Waals surface area contributed by atoms with Crippen LogP contribution in [0.2, 0.25) is 0 Å². The zero-order chi connectivity index (χ0) is 29.3. The standard InChI is InChI=1S/C33H30N2.C7H8/c1-4-5-13-25(2)35(29-16-7-6-8-17-29)30-22-20-28(21-23-30)34(3)33-31-18-11-9-14-26(31)24-27-15-10-12-19-32(27)33;1-7-5-3-2-4-6-7/h4-9,11-14,16-24H,1-2,10,15H2,3H3;2-6H,1H3/b13-5-;. The Bertz CT molecular complexity index is 1710. The van der Waals surface area contributed by atoms with Gasteiger partial charge in [-0.05, 0) is 73.2 Å². The summed E-state index contributed by atoms with van der Waals surface area (Å²) < 4.78 is 0. The summed E-state index contributed by atoms with van der Waals surface area (Å²) in [5, 5.41) is 2.57. The van der Waals surface area contributed by atoms with E-state index in [4.69, 9.17) is 0 Å². The van der Waals surface area contributed by atoms with Crippen LogP contribution in [0, 0.1) is 6.92 Å². The molecule has 0 fully saturated rings. The van der Waals surface area contributed by atoms with E-state index in [9.17, 15) is 0 Å². The summed E-state index contributed by atoms with van der Waals surface area (Å²) in [6, 6.07) is 40.3.